The van der Waals surface area contributed by atoms with Crippen LogP contribution in [0.15, 0.2) is 45.3 Å². The fourth-order valence-electron chi connectivity index (χ4n) is 3.12. The van der Waals surface area contributed by atoms with Gasteiger partial charge >= 0.3 is 0 Å². The van der Waals surface area contributed by atoms with Crippen LogP contribution < -0.4 is 4.74 Å². The van der Waals surface area contributed by atoms with Crippen molar-refractivity contribution in [3.63, 3.8) is 0 Å². The van der Waals surface area contributed by atoms with Gasteiger partial charge in [-0.25, -0.2) is 5.01 Å². The van der Waals surface area contributed by atoms with Gasteiger partial charge in [0.05, 0.1) is 16.6 Å². The van der Waals surface area contributed by atoms with Gasteiger partial charge in [-0.05, 0) is 29.6 Å². The maximum atomic E-state index is 6.23. The molecule has 0 unspecified atom stereocenters. The first-order valence-electron chi connectivity index (χ1n) is 7.49. The topological polar surface area (TPSA) is 24.8 Å². The van der Waals surface area contributed by atoms with E-state index in [1.165, 1.54) is 16.2 Å². The summed E-state index contributed by atoms with van der Waals surface area (Å²) in [6.07, 6.45) is 0.937. The first-order valence-corrected chi connectivity index (χ1v) is 9.16. The van der Waals surface area contributed by atoms with Crippen LogP contribution in [0.3, 0.4) is 0 Å². The summed E-state index contributed by atoms with van der Waals surface area (Å²) in [5.41, 5.74) is 2.39. The zero-order chi connectivity index (χ0) is 15.3. The number of rotatable bonds is 2. The van der Waals surface area contributed by atoms with Crippen molar-refractivity contribution in [2.24, 2.45) is 11.0 Å². The standard InChI is InChI=1S/C17H17BrN2OS/c1-10(2)17-20-14(9-13(19-20)16-4-3-7-22-16)12-8-11(18)5-6-15(12)21-17/h3-8,10,14,17H,9H2,1-2H3/t14-,17+/m1/s1. The molecule has 2 aromatic rings. The summed E-state index contributed by atoms with van der Waals surface area (Å²) in [6, 6.07) is 10.8. The Bertz CT molecular complexity index is 726. The Hall–Kier alpha value is -1.33. The van der Waals surface area contributed by atoms with Crippen LogP contribution in [0, 0.1) is 5.92 Å². The Kier molecular flexibility index (Phi) is 3.50. The van der Waals surface area contributed by atoms with E-state index in [0.717, 1.165) is 16.6 Å². The molecule has 0 saturated carbocycles. The molecule has 2 aliphatic rings. The summed E-state index contributed by atoms with van der Waals surface area (Å²) in [4.78, 5) is 1.26. The average molecular weight is 377 g/mol. The number of hydrogen-bond donors (Lipinski definition) is 0. The molecule has 0 spiro atoms. The molecule has 3 heterocycles. The van der Waals surface area contributed by atoms with E-state index in [1.54, 1.807) is 11.3 Å². The molecule has 2 aliphatic heterocycles. The Balaban J connectivity index is 1.78. The second kappa shape index (κ2) is 5.39. The summed E-state index contributed by atoms with van der Waals surface area (Å²) < 4.78 is 7.31. The van der Waals surface area contributed by atoms with Crippen molar-refractivity contribution >= 4 is 33.0 Å². The average Bonchev–Trinajstić information content (AvgIpc) is 3.15. The van der Waals surface area contributed by atoms with E-state index in [9.17, 15) is 0 Å². The molecule has 3 nitrogen and oxygen atoms in total. The molecule has 1 aromatic heterocycles. The molecule has 0 fully saturated rings. The van der Waals surface area contributed by atoms with Gasteiger partial charge in [-0.15, -0.1) is 11.3 Å². The second-order valence-corrected chi connectivity index (χ2v) is 7.92. The van der Waals surface area contributed by atoms with Crippen LogP contribution in [0.5, 0.6) is 5.75 Å². The highest BCUT2D eigenvalue weighted by molar-refractivity contribution is 9.10. The van der Waals surface area contributed by atoms with E-state index in [4.69, 9.17) is 9.84 Å². The van der Waals surface area contributed by atoms with Crippen LogP contribution in [0.25, 0.3) is 0 Å². The zero-order valence-corrected chi connectivity index (χ0v) is 14.9. The zero-order valence-electron chi connectivity index (χ0n) is 12.5. The largest absolute Gasteiger partial charge is 0.468 e. The third-order valence-electron chi connectivity index (χ3n) is 4.16. The number of hydrazone groups is 1. The van der Waals surface area contributed by atoms with Crippen molar-refractivity contribution in [2.45, 2.75) is 32.5 Å². The second-order valence-electron chi connectivity index (χ2n) is 6.06. The Morgan fingerprint density at radius 2 is 2.23 bits per heavy atom. The molecule has 5 heteroatoms. The molecular weight excluding hydrogens is 360 g/mol. The number of benzene rings is 1. The molecule has 22 heavy (non-hydrogen) atoms. The highest BCUT2D eigenvalue weighted by atomic mass is 79.9. The van der Waals surface area contributed by atoms with Crippen molar-refractivity contribution < 1.29 is 4.74 Å². The van der Waals surface area contributed by atoms with E-state index in [1.807, 2.05) is 6.07 Å². The van der Waals surface area contributed by atoms with Gasteiger partial charge in [0.1, 0.15) is 5.75 Å². The third kappa shape index (κ3) is 2.27. The van der Waals surface area contributed by atoms with Crippen LogP contribution in [-0.4, -0.2) is 16.9 Å². The number of nitrogens with zero attached hydrogens (tertiary/aromatic N) is 2. The van der Waals surface area contributed by atoms with E-state index < -0.39 is 0 Å². The van der Waals surface area contributed by atoms with E-state index in [-0.39, 0.29) is 12.3 Å². The van der Waals surface area contributed by atoms with Crippen LogP contribution in [0.2, 0.25) is 0 Å². The quantitative estimate of drug-likeness (QED) is 0.733. The summed E-state index contributed by atoms with van der Waals surface area (Å²) in [6.45, 7) is 4.37. The molecule has 0 radical (unpaired) electrons. The number of hydrogen-bond acceptors (Lipinski definition) is 4. The maximum absolute atomic E-state index is 6.23. The first-order chi connectivity index (χ1) is 10.6. The summed E-state index contributed by atoms with van der Waals surface area (Å²) >= 11 is 5.33. The van der Waals surface area contributed by atoms with Crippen LogP contribution in [-0.2, 0) is 0 Å². The highest BCUT2D eigenvalue weighted by Gasteiger charge is 2.41. The smallest absolute Gasteiger partial charge is 0.190 e. The van der Waals surface area contributed by atoms with Gasteiger partial charge in [-0.3, -0.25) is 0 Å². The van der Waals surface area contributed by atoms with Gasteiger partial charge in [-0.2, -0.15) is 5.10 Å². The highest BCUT2D eigenvalue weighted by Crippen LogP contribution is 2.45. The van der Waals surface area contributed by atoms with E-state index in [0.29, 0.717) is 5.92 Å². The fourth-order valence-corrected chi connectivity index (χ4v) is 4.22. The van der Waals surface area contributed by atoms with Crippen molar-refractivity contribution in [3.8, 4) is 5.75 Å². The Labute approximate surface area is 142 Å². The minimum atomic E-state index is -0.00358. The van der Waals surface area contributed by atoms with Gasteiger partial charge in [0.25, 0.3) is 0 Å². The molecule has 0 saturated heterocycles. The fraction of sp³-hybridized carbons (Fsp3) is 0.353. The molecule has 0 N–H and O–H groups in total. The monoisotopic (exact) mass is 376 g/mol. The van der Waals surface area contributed by atoms with Gasteiger partial charge in [0, 0.05) is 22.4 Å². The van der Waals surface area contributed by atoms with Gasteiger partial charge < -0.3 is 4.74 Å². The normalized spacial score (nSPS) is 23.1. The number of thiophene rings is 1. The van der Waals surface area contributed by atoms with Gasteiger partial charge in [0.15, 0.2) is 6.23 Å². The summed E-state index contributed by atoms with van der Waals surface area (Å²) in [5, 5.41) is 9.17. The molecule has 114 valence electrons. The Morgan fingerprint density at radius 3 is 2.95 bits per heavy atom. The minimum Gasteiger partial charge on any atom is -0.468 e. The predicted molar refractivity (Wildman–Crippen MR) is 93.4 cm³/mol. The Morgan fingerprint density at radius 1 is 1.36 bits per heavy atom. The van der Waals surface area contributed by atoms with Crippen molar-refractivity contribution in [1.82, 2.24) is 5.01 Å². The third-order valence-corrected chi connectivity index (χ3v) is 5.57. The van der Waals surface area contributed by atoms with Crippen LogP contribution in [0.1, 0.15) is 36.8 Å². The SMILES string of the molecule is CC(C)[C@@H]1Oc2ccc(Br)cc2[C@H]2CC(c3cccs3)=NN21. The van der Waals surface area contributed by atoms with Gasteiger partial charge in [-0.1, -0.05) is 35.8 Å². The predicted octanol–water partition coefficient (Wildman–Crippen LogP) is 5.04. The molecule has 4 rings (SSSR count). The van der Waals surface area contributed by atoms with Gasteiger partial charge in [0.2, 0.25) is 0 Å². The minimum absolute atomic E-state index is 0.00358. The molecule has 2 atom stereocenters. The maximum Gasteiger partial charge on any atom is 0.190 e. The lowest BCUT2D eigenvalue weighted by atomic mass is 9.97. The number of fused-ring (bicyclic) bond motifs is 3. The number of ether oxygens (including phenoxy) is 1. The van der Waals surface area contributed by atoms with Crippen molar-refractivity contribution in [1.29, 1.82) is 0 Å². The first kappa shape index (κ1) is 14.3. The van der Waals surface area contributed by atoms with Crippen molar-refractivity contribution in [2.75, 3.05) is 0 Å². The van der Waals surface area contributed by atoms with E-state index >= 15 is 0 Å². The molecule has 0 amide bonds. The summed E-state index contributed by atoms with van der Waals surface area (Å²) in [5.74, 6) is 1.37. The molecular formula is C17H17BrN2OS. The van der Waals surface area contributed by atoms with Crippen LogP contribution >= 0.6 is 27.3 Å². The lowest BCUT2D eigenvalue weighted by molar-refractivity contribution is -0.0461. The molecule has 0 bridgehead atoms. The number of halogens is 1. The van der Waals surface area contributed by atoms with E-state index in [2.05, 4.69) is 64.4 Å². The molecule has 1 aromatic carbocycles. The molecule has 0 aliphatic carbocycles. The lowest BCUT2D eigenvalue weighted by Gasteiger charge is -2.40. The summed E-state index contributed by atoms with van der Waals surface area (Å²) in [7, 11) is 0. The van der Waals surface area contributed by atoms with Crippen molar-refractivity contribution in [3.05, 3.63) is 50.6 Å². The lowest BCUT2D eigenvalue weighted by Crippen LogP contribution is -2.43. The van der Waals surface area contributed by atoms with Crippen LogP contribution in [0.4, 0.5) is 0 Å².